The molecule has 0 saturated heterocycles. The molecule has 2 nitrogen and oxygen atoms in total. The number of aromatic nitrogens is 2. The van der Waals surface area contributed by atoms with Crippen LogP contribution >= 0.6 is 11.3 Å². The molecule has 1 radical (unpaired) electrons. The largest absolute Gasteiger partial charge is 0.305 e. The normalized spacial score (nSPS) is 12.0. The molecule has 4 heteroatoms. The number of hydrogen-bond donors (Lipinski definition) is 0. The second-order valence-corrected chi connectivity index (χ2v) is 7.71. The third kappa shape index (κ3) is 4.68. The number of hydrogen-bond acceptors (Lipinski definition) is 3. The first-order chi connectivity index (χ1) is 17.0. The summed E-state index contributed by atoms with van der Waals surface area (Å²) in [5.41, 5.74) is 2.87. The summed E-state index contributed by atoms with van der Waals surface area (Å²) in [5.74, 6) is 0. The molecule has 0 aliphatic carbocycles. The van der Waals surface area contributed by atoms with E-state index in [9.17, 15) is 0 Å². The molecular formula is C28H18IrN2S-2. The average molecular weight is 611 g/mol. The molecule has 3 heterocycles. The van der Waals surface area contributed by atoms with E-state index in [0.717, 1.165) is 31.4 Å². The second-order valence-electron chi connectivity index (χ2n) is 6.63. The maximum absolute atomic E-state index is 8.14. The number of rotatable bonds is 2. The fourth-order valence-corrected chi connectivity index (χ4v) is 4.44. The molecule has 0 atom stereocenters. The molecule has 0 aliphatic heterocycles. The van der Waals surface area contributed by atoms with E-state index in [1.807, 2.05) is 72.8 Å². The summed E-state index contributed by atoms with van der Waals surface area (Å²) in [6.45, 7) is 0. The van der Waals surface area contributed by atoms with Crippen LogP contribution in [0.4, 0.5) is 0 Å². The molecule has 0 fully saturated rings. The molecular weight excluding hydrogens is 589 g/mol. The van der Waals surface area contributed by atoms with E-state index in [4.69, 9.17) is 5.48 Å². The summed E-state index contributed by atoms with van der Waals surface area (Å²) in [6.07, 6.45) is 1.50. The zero-order chi connectivity index (χ0) is 24.4. The van der Waals surface area contributed by atoms with Crippen molar-refractivity contribution >= 4 is 31.5 Å². The van der Waals surface area contributed by atoms with Crippen molar-refractivity contribution in [2.75, 3.05) is 0 Å². The van der Waals surface area contributed by atoms with Crippen LogP contribution < -0.4 is 0 Å². The van der Waals surface area contributed by atoms with Crippen molar-refractivity contribution in [3.05, 3.63) is 121 Å². The maximum Gasteiger partial charge on any atom is 0.0830 e. The Morgan fingerprint density at radius 1 is 0.750 bits per heavy atom. The van der Waals surface area contributed by atoms with Crippen LogP contribution in [0, 0.1) is 12.1 Å². The molecule has 0 aliphatic rings. The Morgan fingerprint density at radius 2 is 1.62 bits per heavy atom. The number of benzene rings is 3. The van der Waals surface area contributed by atoms with Crippen molar-refractivity contribution in [1.82, 2.24) is 9.97 Å². The number of thiophene rings is 1. The Labute approximate surface area is 210 Å². The number of nitrogens with zero attached hydrogens (tertiary/aromatic N) is 2. The number of fused-ring (bicyclic) bond motifs is 3. The minimum Gasteiger partial charge on any atom is -0.305 e. The van der Waals surface area contributed by atoms with Crippen LogP contribution in [0.3, 0.4) is 0 Å². The molecule has 0 N–H and O–H groups in total. The zero-order valence-electron chi connectivity index (χ0n) is 20.7. The molecule has 32 heavy (non-hydrogen) atoms. The predicted molar refractivity (Wildman–Crippen MR) is 130 cm³/mol. The minimum atomic E-state index is -0.318. The van der Waals surface area contributed by atoms with E-state index in [1.54, 1.807) is 23.6 Å². The summed E-state index contributed by atoms with van der Waals surface area (Å²) < 4.78 is 33.6. The molecule has 3 aromatic heterocycles. The van der Waals surface area contributed by atoms with Crippen LogP contribution in [0.25, 0.3) is 42.7 Å². The average Bonchev–Trinajstić information content (AvgIpc) is 3.30. The van der Waals surface area contributed by atoms with Gasteiger partial charge in [0, 0.05) is 37.2 Å². The van der Waals surface area contributed by atoms with Crippen molar-refractivity contribution in [2.24, 2.45) is 0 Å². The summed E-state index contributed by atoms with van der Waals surface area (Å²) in [4.78, 5) is 8.30. The van der Waals surface area contributed by atoms with Gasteiger partial charge in [0.15, 0.2) is 0 Å². The third-order valence-corrected chi connectivity index (χ3v) is 5.82. The summed E-state index contributed by atoms with van der Waals surface area (Å²) in [5, 5.41) is 1.99. The fraction of sp³-hybridized carbons (Fsp3) is 0. The van der Waals surface area contributed by atoms with Crippen molar-refractivity contribution in [3.8, 4) is 22.5 Å². The quantitative estimate of drug-likeness (QED) is 0.190. The van der Waals surface area contributed by atoms with Gasteiger partial charge in [0.25, 0.3) is 0 Å². The Balaban J connectivity index is 0.000000198. The Hall–Kier alpha value is -3.17. The minimum absolute atomic E-state index is 0. The first-order valence-corrected chi connectivity index (χ1v) is 10.5. The molecule has 3 aromatic carbocycles. The van der Waals surface area contributed by atoms with Gasteiger partial charge in [-0.25, -0.2) is 0 Å². The van der Waals surface area contributed by atoms with Gasteiger partial charge in [0.05, 0.1) is 5.48 Å². The van der Waals surface area contributed by atoms with Crippen LogP contribution in [0.5, 0.6) is 0 Å². The van der Waals surface area contributed by atoms with Gasteiger partial charge in [0.2, 0.25) is 0 Å². The Bertz CT molecular complexity index is 1600. The van der Waals surface area contributed by atoms with Gasteiger partial charge in [0.1, 0.15) is 0 Å². The van der Waals surface area contributed by atoms with Crippen molar-refractivity contribution in [3.63, 3.8) is 0 Å². The molecule has 6 rings (SSSR count). The standard InChI is InChI=1S/C17H10NS.C11H8N.Ir/c1-2-9-15-13(6-1)17-12(7-5-10-16(17)19-15)14-8-3-4-11-18-14;1-2-6-10(7-3-1)11-8-4-5-9-12-11;/h1-6,8-11H;1-6,8-9H;/q2*-1;/i3D,4D,8D,11D;;. The van der Waals surface area contributed by atoms with E-state index in [2.05, 4.69) is 22.1 Å². The zero-order valence-corrected chi connectivity index (χ0v) is 19.9. The molecule has 0 bridgehead atoms. The van der Waals surface area contributed by atoms with E-state index in [-0.39, 0.29) is 50.1 Å². The van der Waals surface area contributed by atoms with Crippen LogP contribution in [-0.2, 0) is 20.1 Å². The van der Waals surface area contributed by atoms with Gasteiger partial charge in [-0.05, 0) is 39.6 Å². The van der Waals surface area contributed by atoms with E-state index in [1.165, 1.54) is 0 Å². The van der Waals surface area contributed by atoms with Crippen molar-refractivity contribution in [1.29, 1.82) is 0 Å². The number of pyridine rings is 2. The van der Waals surface area contributed by atoms with Crippen LogP contribution in [0.15, 0.2) is 109 Å². The van der Waals surface area contributed by atoms with Gasteiger partial charge in [-0.2, -0.15) is 11.3 Å². The molecule has 6 aromatic rings. The monoisotopic (exact) mass is 611 g/mol. The topological polar surface area (TPSA) is 25.8 Å². The van der Waals surface area contributed by atoms with E-state index < -0.39 is 0 Å². The summed E-state index contributed by atoms with van der Waals surface area (Å²) in [7, 11) is 0. The molecule has 157 valence electrons. The summed E-state index contributed by atoms with van der Waals surface area (Å²) in [6, 6.07) is 30.9. The predicted octanol–water partition coefficient (Wildman–Crippen LogP) is 7.46. The smallest absolute Gasteiger partial charge is 0.0830 e. The molecule has 0 spiro atoms. The first-order valence-electron chi connectivity index (χ1n) is 11.7. The summed E-state index contributed by atoms with van der Waals surface area (Å²) >= 11 is 1.65. The van der Waals surface area contributed by atoms with Gasteiger partial charge in [-0.3, -0.25) is 0 Å². The Morgan fingerprint density at radius 3 is 2.47 bits per heavy atom. The van der Waals surface area contributed by atoms with Crippen molar-refractivity contribution < 1.29 is 25.6 Å². The third-order valence-electron chi connectivity index (χ3n) is 4.69. The molecule has 0 amide bonds. The Kier molecular flexibility index (Phi) is 5.67. The fourth-order valence-electron chi connectivity index (χ4n) is 3.32. The van der Waals surface area contributed by atoms with Crippen molar-refractivity contribution in [2.45, 2.75) is 0 Å². The maximum atomic E-state index is 8.14. The van der Waals surface area contributed by atoms with E-state index >= 15 is 0 Å². The van der Waals surface area contributed by atoms with Gasteiger partial charge >= 0.3 is 0 Å². The van der Waals surface area contributed by atoms with Crippen LogP contribution in [-0.4, -0.2) is 9.97 Å². The van der Waals surface area contributed by atoms with E-state index in [0.29, 0.717) is 5.56 Å². The van der Waals surface area contributed by atoms with Gasteiger partial charge in [-0.15, -0.1) is 59.7 Å². The SMILES string of the molecule is [2H]c1nc(-c2[c-]ccc3sc4ccccc4c23)c([2H])c([2H])c1[2H].[Ir].[c-]1ccccc1-c1ccccn1. The van der Waals surface area contributed by atoms with Crippen LogP contribution in [0.2, 0.25) is 0 Å². The molecule has 0 saturated carbocycles. The first kappa shape index (κ1) is 17.4. The van der Waals surface area contributed by atoms with Crippen LogP contribution in [0.1, 0.15) is 5.48 Å². The second kappa shape index (κ2) is 10.4. The van der Waals surface area contributed by atoms with Gasteiger partial charge in [-0.1, -0.05) is 47.8 Å². The molecule has 0 unspecified atom stereocenters. The van der Waals surface area contributed by atoms with Gasteiger partial charge < -0.3 is 9.97 Å².